The molecule has 6 nitrogen and oxygen atoms in total. The van der Waals surface area contributed by atoms with Gasteiger partial charge in [-0.25, -0.2) is 9.18 Å². The first-order valence-corrected chi connectivity index (χ1v) is 9.97. The Bertz CT molecular complexity index is 1120. The van der Waals surface area contributed by atoms with Crippen molar-refractivity contribution in [3.05, 3.63) is 57.4 Å². The van der Waals surface area contributed by atoms with E-state index in [0.717, 1.165) is 11.1 Å². The number of nitrogens with two attached hydrogens (primary N) is 1. The minimum absolute atomic E-state index is 0.0199. The molecule has 0 spiro atoms. The van der Waals surface area contributed by atoms with Crippen molar-refractivity contribution in [3.8, 4) is 5.00 Å². The SMILES string of the molecule is NCC1CN(c2cc3c(cc2F)c(=O)c(C(=O)O)cn3-c2cccs2)CC1Cl. The average Bonchev–Trinajstić information content (AvgIpc) is 3.31. The van der Waals surface area contributed by atoms with Gasteiger partial charge in [0.05, 0.1) is 21.6 Å². The van der Waals surface area contributed by atoms with E-state index >= 15 is 0 Å². The predicted molar refractivity (Wildman–Crippen MR) is 109 cm³/mol. The number of hydrogen-bond acceptors (Lipinski definition) is 5. The number of carboxylic acids is 1. The van der Waals surface area contributed by atoms with Gasteiger partial charge < -0.3 is 20.3 Å². The molecule has 1 saturated heterocycles. The largest absolute Gasteiger partial charge is 0.477 e. The third-order valence-corrected chi connectivity index (χ3v) is 6.41. The summed E-state index contributed by atoms with van der Waals surface area (Å²) in [6, 6.07) is 6.32. The molecule has 28 heavy (non-hydrogen) atoms. The maximum Gasteiger partial charge on any atom is 0.341 e. The molecule has 2 unspecified atom stereocenters. The van der Waals surface area contributed by atoms with Crippen molar-refractivity contribution in [3.63, 3.8) is 0 Å². The lowest BCUT2D eigenvalue weighted by Gasteiger charge is -2.21. The molecule has 2 atom stereocenters. The standard InChI is InChI=1S/C19H17ClFN3O3S/c20-13-9-23(7-10(13)6-22)16-5-15-11(4-14(16)21)18(25)12(19(26)27)8-24(15)17-2-1-3-28-17/h1-5,8,10,13H,6-7,9,22H2,(H,26,27). The normalized spacial score (nSPS) is 19.5. The zero-order chi connectivity index (χ0) is 20.0. The number of anilines is 1. The maximum absolute atomic E-state index is 14.9. The van der Waals surface area contributed by atoms with Gasteiger partial charge in [0.15, 0.2) is 0 Å². The number of aromatic carboxylic acids is 1. The number of rotatable bonds is 4. The van der Waals surface area contributed by atoms with E-state index in [1.165, 1.54) is 17.5 Å². The summed E-state index contributed by atoms with van der Waals surface area (Å²) in [7, 11) is 0. The molecule has 1 aliphatic rings. The lowest BCUT2D eigenvalue weighted by atomic mass is 10.1. The molecular weight excluding hydrogens is 405 g/mol. The number of benzene rings is 1. The number of nitrogens with zero attached hydrogens (tertiary/aromatic N) is 2. The number of carbonyl (C=O) groups is 1. The van der Waals surface area contributed by atoms with Gasteiger partial charge in [-0.2, -0.15) is 0 Å². The van der Waals surface area contributed by atoms with Crippen LogP contribution in [-0.2, 0) is 0 Å². The van der Waals surface area contributed by atoms with Crippen molar-refractivity contribution in [2.24, 2.45) is 11.7 Å². The second-order valence-electron chi connectivity index (χ2n) is 6.74. The third kappa shape index (κ3) is 3.07. The van der Waals surface area contributed by atoms with Crippen molar-refractivity contribution >= 4 is 45.5 Å². The van der Waals surface area contributed by atoms with E-state index in [1.807, 2.05) is 16.3 Å². The Morgan fingerprint density at radius 2 is 2.18 bits per heavy atom. The Kier molecular flexibility index (Phi) is 4.86. The van der Waals surface area contributed by atoms with Gasteiger partial charge in [0, 0.05) is 30.6 Å². The molecule has 3 aromatic rings. The number of halogens is 2. The van der Waals surface area contributed by atoms with Crippen molar-refractivity contribution in [2.45, 2.75) is 5.38 Å². The summed E-state index contributed by atoms with van der Waals surface area (Å²) in [5, 5.41) is 11.8. The highest BCUT2D eigenvalue weighted by molar-refractivity contribution is 7.12. The van der Waals surface area contributed by atoms with E-state index in [9.17, 15) is 19.1 Å². The number of fused-ring (bicyclic) bond motifs is 1. The van der Waals surface area contributed by atoms with Crippen LogP contribution in [0.3, 0.4) is 0 Å². The monoisotopic (exact) mass is 421 g/mol. The molecular formula is C19H17ClFN3O3S. The molecule has 0 bridgehead atoms. The number of hydrogen-bond donors (Lipinski definition) is 2. The van der Waals surface area contributed by atoms with Gasteiger partial charge in [0.1, 0.15) is 11.4 Å². The van der Waals surface area contributed by atoms with Crippen LogP contribution in [0.2, 0.25) is 0 Å². The number of carboxylic acid groups (broad SMARTS) is 1. The fraction of sp³-hybridized carbons (Fsp3) is 0.263. The summed E-state index contributed by atoms with van der Waals surface area (Å²) in [6.07, 6.45) is 1.29. The van der Waals surface area contributed by atoms with Gasteiger partial charge in [-0.3, -0.25) is 4.79 Å². The van der Waals surface area contributed by atoms with Gasteiger partial charge in [-0.1, -0.05) is 0 Å². The van der Waals surface area contributed by atoms with Gasteiger partial charge >= 0.3 is 5.97 Å². The summed E-state index contributed by atoms with van der Waals surface area (Å²) in [5.74, 6) is -1.89. The molecule has 3 heterocycles. The zero-order valence-electron chi connectivity index (χ0n) is 14.6. The van der Waals surface area contributed by atoms with E-state index in [0.29, 0.717) is 30.8 Å². The van der Waals surface area contributed by atoms with E-state index in [1.54, 1.807) is 16.7 Å². The molecule has 4 rings (SSSR count). The van der Waals surface area contributed by atoms with Crippen LogP contribution in [0.15, 0.2) is 40.6 Å². The van der Waals surface area contributed by atoms with Crippen LogP contribution in [0.4, 0.5) is 10.1 Å². The van der Waals surface area contributed by atoms with Crippen molar-refractivity contribution in [2.75, 3.05) is 24.5 Å². The molecule has 2 aromatic heterocycles. The van der Waals surface area contributed by atoms with Crippen molar-refractivity contribution in [1.82, 2.24) is 4.57 Å². The Morgan fingerprint density at radius 3 is 2.79 bits per heavy atom. The second-order valence-corrected chi connectivity index (χ2v) is 8.22. The van der Waals surface area contributed by atoms with Crippen LogP contribution < -0.4 is 16.1 Å². The predicted octanol–water partition coefficient (Wildman–Crippen LogP) is 2.89. The van der Waals surface area contributed by atoms with Gasteiger partial charge in [0.2, 0.25) is 5.43 Å². The summed E-state index contributed by atoms with van der Waals surface area (Å²) in [5.41, 5.74) is 5.39. The lowest BCUT2D eigenvalue weighted by molar-refractivity contribution is 0.0695. The lowest BCUT2D eigenvalue weighted by Crippen LogP contribution is -2.24. The number of thiophene rings is 1. The Hall–Kier alpha value is -2.42. The molecule has 1 aliphatic heterocycles. The van der Waals surface area contributed by atoms with Crippen molar-refractivity contribution < 1.29 is 14.3 Å². The van der Waals surface area contributed by atoms with Gasteiger partial charge in [0.25, 0.3) is 0 Å². The topological polar surface area (TPSA) is 88.6 Å². The quantitative estimate of drug-likeness (QED) is 0.632. The maximum atomic E-state index is 14.9. The first-order valence-electron chi connectivity index (χ1n) is 8.66. The smallest absolute Gasteiger partial charge is 0.341 e. The minimum atomic E-state index is -1.35. The second kappa shape index (κ2) is 7.20. The molecule has 1 fully saturated rings. The molecule has 0 saturated carbocycles. The van der Waals surface area contributed by atoms with E-state index in [2.05, 4.69) is 0 Å². The average molecular weight is 422 g/mol. The van der Waals surface area contributed by atoms with Gasteiger partial charge in [-0.05, 0) is 36.2 Å². The molecule has 0 radical (unpaired) electrons. The van der Waals surface area contributed by atoms with Crippen molar-refractivity contribution in [1.29, 1.82) is 0 Å². The third-order valence-electron chi connectivity index (χ3n) is 5.05. The fourth-order valence-corrected chi connectivity index (χ4v) is 4.64. The molecule has 9 heteroatoms. The molecule has 3 N–H and O–H groups in total. The van der Waals surface area contributed by atoms with E-state index in [4.69, 9.17) is 17.3 Å². The van der Waals surface area contributed by atoms with Crippen LogP contribution in [0.1, 0.15) is 10.4 Å². The minimum Gasteiger partial charge on any atom is -0.477 e. The molecule has 146 valence electrons. The first kappa shape index (κ1) is 18.9. The Balaban J connectivity index is 1.96. The Labute approximate surface area is 168 Å². The van der Waals surface area contributed by atoms with Crippen LogP contribution in [0, 0.1) is 11.7 Å². The van der Waals surface area contributed by atoms with E-state index in [-0.39, 0.29) is 16.7 Å². The summed E-state index contributed by atoms with van der Waals surface area (Å²) >= 11 is 7.71. The molecule has 1 aromatic carbocycles. The summed E-state index contributed by atoms with van der Waals surface area (Å²) in [4.78, 5) is 26.0. The number of pyridine rings is 1. The molecule has 0 aliphatic carbocycles. The first-order chi connectivity index (χ1) is 13.4. The zero-order valence-corrected chi connectivity index (χ0v) is 16.2. The number of alkyl halides is 1. The van der Waals surface area contributed by atoms with Crippen LogP contribution in [0.25, 0.3) is 15.9 Å². The van der Waals surface area contributed by atoms with Crippen LogP contribution in [-0.4, -0.2) is 40.7 Å². The highest BCUT2D eigenvalue weighted by atomic mass is 35.5. The van der Waals surface area contributed by atoms with E-state index < -0.39 is 22.8 Å². The number of aromatic nitrogens is 1. The molecule has 0 amide bonds. The summed E-state index contributed by atoms with van der Waals surface area (Å²) in [6.45, 7) is 1.37. The van der Waals surface area contributed by atoms with Crippen LogP contribution >= 0.6 is 22.9 Å². The Morgan fingerprint density at radius 1 is 1.39 bits per heavy atom. The highest BCUT2D eigenvalue weighted by Crippen LogP contribution is 2.32. The summed E-state index contributed by atoms with van der Waals surface area (Å²) < 4.78 is 16.5. The highest BCUT2D eigenvalue weighted by Gasteiger charge is 2.32. The fourth-order valence-electron chi connectivity index (χ4n) is 3.57. The van der Waals surface area contributed by atoms with Crippen LogP contribution in [0.5, 0.6) is 0 Å². The van der Waals surface area contributed by atoms with Gasteiger partial charge in [-0.15, -0.1) is 22.9 Å².